The topological polar surface area (TPSA) is 32.3 Å². The fraction of sp³-hybridized carbons (Fsp3) is 0. The molecule has 0 saturated carbocycles. The predicted molar refractivity (Wildman–Crippen MR) is 69.0 cm³/mol. The molecule has 2 rings (SSSR count). The molecule has 0 fully saturated rings. The number of nitrogens with one attached hydrogen (secondary N) is 1. The lowest BCUT2D eigenvalue weighted by Gasteiger charge is -2.07. The van der Waals surface area contributed by atoms with Crippen molar-refractivity contribution in [2.75, 3.05) is 4.72 Å². The number of benzene rings is 2. The molecule has 4 heteroatoms. The first-order chi connectivity index (χ1) is 7.75. The molecule has 2 nitrogen and oxygen atoms in total. The molecule has 2 N–H and O–H groups in total. The van der Waals surface area contributed by atoms with Crippen molar-refractivity contribution in [2.45, 2.75) is 4.90 Å². The van der Waals surface area contributed by atoms with Gasteiger partial charge in [-0.1, -0.05) is 29.8 Å². The summed E-state index contributed by atoms with van der Waals surface area (Å²) < 4.78 is 3.05. The Morgan fingerprint density at radius 3 is 2.56 bits per heavy atom. The lowest BCUT2D eigenvalue weighted by Crippen LogP contribution is -1.87. The van der Waals surface area contributed by atoms with E-state index in [1.165, 1.54) is 11.9 Å². The van der Waals surface area contributed by atoms with E-state index in [1.807, 2.05) is 30.3 Å². The van der Waals surface area contributed by atoms with Crippen molar-refractivity contribution < 1.29 is 5.11 Å². The van der Waals surface area contributed by atoms with Gasteiger partial charge in [0.1, 0.15) is 5.75 Å². The fourth-order valence-electron chi connectivity index (χ4n) is 1.19. The van der Waals surface area contributed by atoms with Gasteiger partial charge in [0.25, 0.3) is 0 Å². The zero-order chi connectivity index (χ0) is 11.4. The Bertz CT molecular complexity index is 476. The van der Waals surface area contributed by atoms with Crippen molar-refractivity contribution >= 4 is 29.2 Å². The summed E-state index contributed by atoms with van der Waals surface area (Å²) in [6.07, 6.45) is 0. The van der Waals surface area contributed by atoms with Gasteiger partial charge in [-0.2, -0.15) is 0 Å². The van der Waals surface area contributed by atoms with Crippen LogP contribution in [0.15, 0.2) is 53.4 Å². The monoisotopic (exact) mass is 251 g/mol. The van der Waals surface area contributed by atoms with Crippen LogP contribution in [0.3, 0.4) is 0 Å². The number of anilines is 1. The Kier molecular flexibility index (Phi) is 3.59. The lowest BCUT2D eigenvalue weighted by molar-refractivity contribution is 0.478. The zero-order valence-electron chi connectivity index (χ0n) is 8.35. The summed E-state index contributed by atoms with van der Waals surface area (Å²) >= 11 is 7.27. The molecule has 0 bridgehead atoms. The molecule has 0 aliphatic carbocycles. The quantitative estimate of drug-likeness (QED) is 0.635. The summed E-state index contributed by atoms with van der Waals surface area (Å²) in [5, 5.41) is 10.2. The Balaban J connectivity index is 2.08. The average Bonchev–Trinajstić information content (AvgIpc) is 2.32. The summed E-state index contributed by atoms with van der Waals surface area (Å²) in [5.74, 6) is 0.188. The molecule has 0 saturated heterocycles. The summed E-state index contributed by atoms with van der Waals surface area (Å²) in [6.45, 7) is 0. The third kappa shape index (κ3) is 2.84. The molecule has 0 aromatic heterocycles. The van der Waals surface area contributed by atoms with Crippen LogP contribution in [0.25, 0.3) is 0 Å². The molecule has 0 amide bonds. The number of phenols is 1. The average molecular weight is 252 g/mol. The van der Waals surface area contributed by atoms with Crippen LogP contribution in [0, 0.1) is 0 Å². The van der Waals surface area contributed by atoms with Gasteiger partial charge < -0.3 is 9.83 Å². The molecule has 0 aliphatic rings. The zero-order valence-corrected chi connectivity index (χ0v) is 9.92. The number of hydrogen-bond acceptors (Lipinski definition) is 3. The number of halogens is 1. The number of aromatic hydroxyl groups is 1. The third-order valence-corrected chi connectivity index (χ3v) is 3.05. The van der Waals surface area contributed by atoms with Crippen LogP contribution in [0.2, 0.25) is 5.02 Å². The second kappa shape index (κ2) is 5.14. The molecular weight excluding hydrogens is 242 g/mol. The molecule has 0 atom stereocenters. The number of rotatable bonds is 3. The van der Waals surface area contributed by atoms with Gasteiger partial charge in [0.15, 0.2) is 0 Å². The molecule has 0 radical (unpaired) electrons. The van der Waals surface area contributed by atoms with E-state index < -0.39 is 0 Å². The van der Waals surface area contributed by atoms with Gasteiger partial charge in [0.05, 0.1) is 5.69 Å². The fourth-order valence-corrected chi connectivity index (χ4v) is 2.05. The summed E-state index contributed by atoms with van der Waals surface area (Å²) in [6, 6.07) is 14.8. The molecule has 0 heterocycles. The van der Waals surface area contributed by atoms with E-state index in [1.54, 1.807) is 18.2 Å². The van der Waals surface area contributed by atoms with Gasteiger partial charge >= 0.3 is 0 Å². The van der Waals surface area contributed by atoms with E-state index in [-0.39, 0.29) is 5.75 Å². The Morgan fingerprint density at radius 2 is 1.81 bits per heavy atom. The molecule has 0 spiro atoms. The van der Waals surface area contributed by atoms with Gasteiger partial charge in [-0.25, -0.2) is 0 Å². The minimum Gasteiger partial charge on any atom is -0.506 e. The minimum atomic E-state index is 0.188. The van der Waals surface area contributed by atoms with Crippen molar-refractivity contribution in [1.29, 1.82) is 0 Å². The summed E-state index contributed by atoms with van der Waals surface area (Å²) in [5.41, 5.74) is 0.612. The standard InChI is InChI=1S/C12H10ClNOS/c13-9-6-7-12(15)11(8-9)14-16-10-4-2-1-3-5-10/h1-8,14-15H. The van der Waals surface area contributed by atoms with E-state index in [4.69, 9.17) is 11.6 Å². The maximum atomic E-state index is 9.58. The maximum Gasteiger partial charge on any atom is 0.139 e. The van der Waals surface area contributed by atoms with Crippen molar-refractivity contribution in [2.24, 2.45) is 0 Å². The van der Waals surface area contributed by atoms with Crippen molar-refractivity contribution in [3.63, 3.8) is 0 Å². The van der Waals surface area contributed by atoms with Crippen molar-refractivity contribution in [1.82, 2.24) is 0 Å². The van der Waals surface area contributed by atoms with E-state index in [0.29, 0.717) is 10.7 Å². The van der Waals surface area contributed by atoms with Gasteiger partial charge in [-0.15, -0.1) is 0 Å². The predicted octanol–water partition coefficient (Wildman–Crippen LogP) is 4.16. The van der Waals surface area contributed by atoms with Crippen LogP contribution in [-0.4, -0.2) is 5.11 Å². The molecular formula is C12H10ClNOS. The van der Waals surface area contributed by atoms with Gasteiger partial charge in [-0.3, -0.25) is 0 Å². The van der Waals surface area contributed by atoms with E-state index in [2.05, 4.69) is 4.72 Å². The number of phenolic OH excluding ortho intramolecular Hbond substituents is 1. The number of hydrogen-bond donors (Lipinski definition) is 2. The second-order valence-electron chi connectivity index (χ2n) is 3.18. The van der Waals surface area contributed by atoms with Gasteiger partial charge in [-0.05, 0) is 42.3 Å². The van der Waals surface area contributed by atoms with Gasteiger partial charge in [0.2, 0.25) is 0 Å². The SMILES string of the molecule is Oc1ccc(Cl)cc1NSc1ccccc1. The van der Waals surface area contributed by atoms with Crippen molar-refractivity contribution in [3.05, 3.63) is 53.6 Å². The molecule has 16 heavy (non-hydrogen) atoms. The van der Waals surface area contributed by atoms with Crippen LogP contribution >= 0.6 is 23.5 Å². The van der Waals surface area contributed by atoms with Crippen molar-refractivity contribution in [3.8, 4) is 5.75 Å². The Labute approximate surface area is 103 Å². The largest absolute Gasteiger partial charge is 0.506 e. The molecule has 0 unspecified atom stereocenters. The minimum absolute atomic E-state index is 0.188. The molecule has 82 valence electrons. The van der Waals surface area contributed by atoms with E-state index in [0.717, 1.165) is 4.90 Å². The normalized spacial score (nSPS) is 10.1. The smallest absolute Gasteiger partial charge is 0.139 e. The van der Waals surface area contributed by atoms with Crippen LogP contribution in [0.5, 0.6) is 5.75 Å². The highest BCUT2D eigenvalue weighted by atomic mass is 35.5. The Hall–Kier alpha value is -1.32. The first-order valence-corrected chi connectivity index (χ1v) is 5.91. The first kappa shape index (κ1) is 11.2. The summed E-state index contributed by atoms with van der Waals surface area (Å²) in [7, 11) is 0. The van der Waals surface area contributed by atoms with Crippen LogP contribution in [-0.2, 0) is 0 Å². The third-order valence-electron chi connectivity index (χ3n) is 1.98. The molecule has 2 aromatic rings. The first-order valence-electron chi connectivity index (χ1n) is 4.72. The summed E-state index contributed by atoms with van der Waals surface area (Å²) in [4.78, 5) is 1.07. The van der Waals surface area contributed by atoms with Crippen LogP contribution in [0.4, 0.5) is 5.69 Å². The Morgan fingerprint density at radius 1 is 1.06 bits per heavy atom. The molecule has 2 aromatic carbocycles. The van der Waals surface area contributed by atoms with Crippen LogP contribution in [0.1, 0.15) is 0 Å². The highest BCUT2D eigenvalue weighted by Crippen LogP contribution is 2.30. The van der Waals surface area contributed by atoms with E-state index >= 15 is 0 Å². The van der Waals surface area contributed by atoms with Crippen LogP contribution < -0.4 is 4.72 Å². The van der Waals surface area contributed by atoms with Gasteiger partial charge in [0, 0.05) is 9.92 Å². The molecule has 0 aliphatic heterocycles. The second-order valence-corrected chi connectivity index (χ2v) is 4.49. The highest BCUT2D eigenvalue weighted by Gasteiger charge is 2.01. The van der Waals surface area contributed by atoms with E-state index in [9.17, 15) is 5.11 Å². The highest BCUT2D eigenvalue weighted by molar-refractivity contribution is 8.00. The maximum absolute atomic E-state index is 9.58. The lowest BCUT2D eigenvalue weighted by atomic mass is 10.3.